The molecule has 0 radical (unpaired) electrons. The van der Waals surface area contributed by atoms with Crippen LogP contribution in [0.5, 0.6) is 11.5 Å². The lowest BCUT2D eigenvalue weighted by atomic mass is 10.3. The molecule has 0 saturated carbocycles. The Bertz CT molecular complexity index is 614. The van der Waals surface area contributed by atoms with Crippen molar-refractivity contribution in [3.05, 3.63) is 57.0 Å². The van der Waals surface area contributed by atoms with Gasteiger partial charge in [0, 0.05) is 10.0 Å². The molecule has 0 aliphatic heterocycles. The lowest BCUT2D eigenvalue weighted by molar-refractivity contribution is -0.136. The van der Waals surface area contributed by atoms with Gasteiger partial charge in [-0.25, -0.2) is 4.79 Å². The summed E-state index contributed by atoms with van der Waals surface area (Å²) in [6.07, 6.45) is 0. The van der Waals surface area contributed by atoms with Crippen molar-refractivity contribution in [3.8, 4) is 11.5 Å². The molecular formula is C14H9BrCl2O3. The molecule has 0 saturated heterocycles. The van der Waals surface area contributed by atoms with Crippen molar-refractivity contribution in [2.24, 2.45) is 0 Å². The molecule has 0 spiro atoms. The Balaban J connectivity index is 1.90. The second-order valence-electron chi connectivity index (χ2n) is 3.79. The van der Waals surface area contributed by atoms with Crippen molar-refractivity contribution >= 4 is 45.1 Å². The Kier molecular flexibility index (Phi) is 5.29. The fourth-order valence-corrected chi connectivity index (χ4v) is 2.32. The van der Waals surface area contributed by atoms with Crippen LogP contribution in [0, 0.1) is 0 Å². The number of carbonyl (C=O) groups excluding carboxylic acids is 1. The molecule has 0 aliphatic carbocycles. The Morgan fingerprint density at radius 3 is 2.35 bits per heavy atom. The Hall–Kier alpha value is -1.23. The molecule has 2 rings (SSSR count). The monoisotopic (exact) mass is 374 g/mol. The third kappa shape index (κ3) is 4.40. The minimum Gasteiger partial charge on any atom is -0.481 e. The number of esters is 1. The van der Waals surface area contributed by atoms with Crippen LogP contribution in [0.25, 0.3) is 0 Å². The van der Waals surface area contributed by atoms with Gasteiger partial charge in [0.15, 0.2) is 6.61 Å². The van der Waals surface area contributed by atoms with E-state index in [0.29, 0.717) is 26.0 Å². The fourth-order valence-electron chi connectivity index (χ4n) is 1.39. The van der Waals surface area contributed by atoms with E-state index in [4.69, 9.17) is 32.7 Å². The topological polar surface area (TPSA) is 35.5 Å². The van der Waals surface area contributed by atoms with Crippen LogP contribution in [-0.2, 0) is 4.79 Å². The summed E-state index contributed by atoms with van der Waals surface area (Å²) in [5, 5.41) is 1.15. The summed E-state index contributed by atoms with van der Waals surface area (Å²) < 4.78 is 11.1. The molecule has 2 aromatic carbocycles. The van der Waals surface area contributed by atoms with E-state index >= 15 is 0 Å². The summed E-state index contributed by atoms with van der Waals surface area (Å²) in [5.41, 5.74) is 0. The minimum atomic E-state index is -0.505. The summed E-state index contributed by atoms with van der Waals surface area (Å²) in [7, 11) is 0. The van der Waals surface area contributed by atoms with Crippen LogP contribution in [0.15, 0.2) is 46.9 Å². The first-order valence-corrected chi connectivity index (χ1v) is 7.13. The minimum absolute atomic E-state index is 0.205. The van der Waals surface area contributed by atoms with E-state index in [1.54, 1.807) is 42.5 Å². The van der Waals surface area contributed by atoms with Gasteiger partial charge in [-0.05, 0) is 58.4 Å². The van der Waals surface area contributed by atoms with Gasteiger partial charge in [0.25, 0.3) is 0 Å². The molecule has 2 aromatic rings. The molecule has 0 heterocycles. The van der Waals surface area contributed by atoms with Crippen molar-refractivity contribution in [3.63, 3.8) is 0 Å². The van der Waals surface area contributed by atoms with Crippen LogP contribution in [0.1, 0.15) is 0 Å². The van der Waals surface area contributed by atoms with E-state index < -0.39 is 5.97 Å². The molecule has 0 fully saturated rings. The van der Waals surface area contributed by atoms with Gasteiger partial charge < -0.3 is 9.47 Å². The van der Waals surface area contributed by atoms with Crippen molar-refractivity contribution in [2.45, 2.75) is 0 Å². The van der Waals surface area contributed by atoms with Gasteiger partial charge in [0.1, 0.15) is 11.5 Å². The standard InChI is InChI=1S/C14H9BrCl2O3/c15-12-7-10(17)3-6-13(12)19-8-14(18)20-11-4-1-9(16)2-5-11/h1-7H,8H2. The van der Waals surface area contributed by atoms with Crippen molar-refractivity contribution in [1.29, 1.82) is 0 Å². The summed E-state index contributed by atoms with van der Waals surface area (Å²) >= 11 is 14.8. The molecule has 0 aliphatic rings. The smallest absolute Gasteiger partial charge is 0.349 e. The van der Waals surface area contributed by atoms with Gasteiger partial charge >= 0.3 is 5.97 Å². The second-order valence-corrected chi connectivity index (χ2v) is 5.52. The zero-order valence-corrected chi connectivity index (χ0v) is 13.2. The quantitative estimate of drug-likeness (QED) is 0.571. The average molecular weight is 376 g/mol. The number of hydrogen-bond donors (Lipinski definition) is 0. The van der Waals surface area contributed by atoms with E-state index in [1.165, 1.54) is 0 Å². The maximum Gasteiger partial charge on any atom is 0.349 e. The molecule has 6 heteroatoms. The Labute approximate surface area is 134 Å². The average Bonchev–Trinajstić information content (AvgIpc) is 2.40. The van der Waals surface area contributed by atoms with Crippen molar-refractivity contribution in [1.82, 2.24) is 0 Å². The molecule has 0 amide bonds. The number of halogens is 3. The summed E-state index contributed by atoms with van der Waals surface area (Å²) in [6, 6.07) is 11.5. The number of rotatable bonds is 4. The third-order valence-electron chi connectivity index (χ3n) is 2.28. The highest BCUT2D eigenvalue weighted by Crippen LogP contribution is 2.28. The zero-order chi connectivity index (χ0) is 14.5. The summed E-state index contributed by atoms with van der Waals surface area (Å²) in [5.74, 6) is 0.426. The number of benzene rings is 2. The highest BCUT2D eigenvalue weighted by atomic mass is 79.9. The molecular weight excluding hydrogens is 367 g/mol. The summed E-state index contributed by atoms with van der Waals surface area (Å²) in [4.78, 5) is 11.6. The van der Waals surface area contributed by atoms with E-state index in [1.807, 2.05) is 0 Å². The molecule has 0 unspecified atom stereocenters. The van der Waals surface area contributed by atoms with Gasteiger partial charge in [-0.3, -0.25) is 0 Å². The van der Waals surface area contributed by atoms with Gasteiger partial charge in [0.2, 0.25) is 0 Å². The Morgan fingerprint density at radius 2 is 1.70 bits per heavy atom. The van der Waals surface area contributed by atoms with Crippen LogP contribution in [0.3, 0.4) is 0 Å². The predicted molar refractivity (Wildman–Crippen MR) is 81.7 cm³/mol. The second kappa shape index (κ2) is 6.97. The largest absolute Gasteiger partial charge is 0.481 e. The van der Waals surface area contributed by atoms with E-state index in [-0.39, 0.29) is 6.61 Å². The highest BCUT2D eigenvalue weighted by Gasteiger charge is 2.08. The highest BCUT2D eigenvalue weighted by molar-refractivity contribution is 9.10. The van der Waals surface area contributed by atoms with Crippen LogP contribution in [-0.4, -0.2) is 12.6 Å². The molecule has 20 heavy (non-hydrogen) atoms. The van der Waals surface area contributed by atoms with Gasteiger partial charge in [-0.15, -0.1) is 0 Å². The lowest BCUT2D eigenvalue weighted by Crippen LogP contribution is -2.17. The van der Waals surface area contributed by atoms with Crippen LogP contribution in [0.2, 0.25) is 10.0 Å². The number of carbonyl (C=O) groups is 1. The first kappa shape index (κ1) is 15.2. The van der Waals surface area contributed by atoms with Crippen LogP contribution < -0.4 is 9.47 Å². The SMILES string of the molecule is O=C(COc1ccc(Cl)cc1Br)Oc1ccc(Cl)cc1. The van der Waals surface area contributed by atoms with E-state index in [2.05, 4.69) is 15.9 Å². The van der Waals surface area contributed by atoms with Crippen LogP contribution >= 0.6 is 39.1 Å². The normalized spacial score (nSPS) is 10.2. The molecule has 0 aromatic heterocycles. The van der Waals surface area contributed by atoms with Crippen molar-refractivity contribution in [2.75, 3.05) is 6.61 Å². The first-order chi connectivity index (χ1) is 9.54. The maximum absolute atomic E-state index is 11.6. The molecule has 0 N–H and O–H groups in total. The molecule has 0 bridgehead atoms. The predicted octanol–water partition coefficient (Wildman–Crippen LogP) is 4.74. The maximum atomic E-state index is 11.6. The molecule has 0 atom stereocenters. The summed E-state index contributed by atoms with van der Waals surface area (Å²) in [6.45, 7) is -0.205. The lowest BCUT2D eigenvalue weighted by Gasteiger charge is -2.08. The fraction of sp³-hybridized carbons (Fsp3) is 0.0714. The third-order valence-corrected chi connectivity index (χ3v) is 3.39. The van der Waals surface area contributed by atoms with E-state index in [0.717, 1.165) is 0 Å². The van der Waals surface area contributed by atoms with Gasteiger partial charge in [-0.2, -0.15) is 0 Å². The van der Waals surface area contributed by atoms with Crippen molar-refractivity contribution < 1.29 is 14.3 Å². The van der Waals surface area contributed by atoms with Gasteiger partial charge in [-0.1, -0.05) is 23.2 Å². The first-order valence-electron chi connectivity index (χ1n) is 5.59. The Morgan fingerprint density at radius 1 is 1.05 bits per heavy atom. The molecule has 3 nitrogen and oxygen atoms in total. The zero-order valence-electron chi connectivity index (χ0n) is 10.1. The number of hydrogen-bond acceptors (Lipinski definition) is 3. The molecule has 104 valence electrons. The van der Waals surface area contributed by atoms with Gasteiger partial charge in [0.05, 0.1) is 4.47 Å². The number of ether oxygens (including phenoxy) is 2. The van der Waals surface area contributed by atoms with Crippen LogP contribution in [0.4, 0.5) is 0 Å². The van der Waals surface area contributed by atoms with E-state index in [9.17, 15) is 4.79 Å².